The molecule has 0 aromatic heterocycles. The van der Waals surface area contributed by atoms with Crippen LogP contribution in [0.5, 0.6) is 0 Å². The molecule has 0 N–H and O–H groups in total. The summed E-state index contributed by atoms with van der Waals surface area (Å²) in [5, 5.41) is 2.19. The molecule has 0 amide bonds. The lowest BCUT2D eigenvalue weighted by Gasteiger charge is -2.24. The van der Waals surface area contributed by atoms with Gasteiger partial charge in [-0.15, -0.1) is 0 Å². The molecule has 1 aliphatic carbocycles. The Labute approximate surface area is 85.0 Å². The quantitative estimate of drug-likeness (QED) is 0.569. The zero-order valence-electron chi connectivity index (χ0n) is 8.78. The first kappa shape index (κ1) is 8.08. The number of fused-ring (bicyclic) bond motifs is 4. The van der Waals surface area contributed by atoms with Crippen LogP contribution >= 0.6 is 0 Å². The van der Waals surface area contributed by atoms with Crippen LogP contribution in [0.1, 0.15) is 25.7 Å². The molecule has 0 unspecified atom stereocenters. The predicted molar refractivity (Wildman–Crippen MR) is 52.7 cm³/mol. The zero-order chi connectivity index (χ0) is 9.34. The van der Waals surface area contributed by atoms with Crippen molar-refractivity contribution >= 4 is 0 Å². The summed E-state index contributed by atoms with van der Waals surface area (Å²) in [6.45, 7) is 2.64. The van der Waals surface area contributed by atoms with Crippen molar-refractivity contribution in [3.8, 4) is 0 Å². The van der Waals surface area contributed by atoms with Gasteiger partial charge in [-0.2, -0.15) is 5.06 Å². The van der Waals surface area contributed by atoms with E-state index in [2.05, 4.69) is 17.0 Å². The van der Waals surface area contributed by atoms with Gasteiger partial charge in [-0.25, -0.2) is 0 Å². The number of hydroxylamine groups is 2. The highest BCUT2D eigenvalue weighted by atomic mass is 16.7. The van der Waals surface area contributed by atoms with Gasteiger partial charge in [-0.1, -0.05) is 0 Å². The average molecular weight is 194 g/mol. The van der Waals surface area contributed by atoms with Crippen LogP contribution in [-0.2, 0) is 4.84 Å². The molecular formula is C11H18N2O. The van der Waals surface area contributed by atoms with E-state index in [0.717, 1.165) is 12.0 Å². The lowest BCUT2D eigenvalue weighted by atomic mass is 9.91. The minimum absolute atomic E-state index is 0.295. The largest absolute Gasteiger partial charge is 0.298 e. The Morgan fingerprint density at radius 2 is 2.21 bits per heavy atom. The van der Waals surface area contributed by atoms with E-state index >= 15 is 0 Å². The maximum atomic E-state index is 6.04. The highest BCUT2D eigenvalue weighted by Gasteiger charge is 2.66. The summed E-state index contributed by atoms with van der Waals surface area (Å²) >= 11 is 0. The van der Waals surface area contributed by atoms with Gasteiger partial charge in [0.2, 0.25) is 0 Å². The number of rotatable bonds is 0. The summed E-state index contributed by atoms with van der Waals surface area (Å²) in [6.07, 6.45) is 5.40. The van der Waals surface area contributed by atoms with Crippen LogP contribution in [0.2, 0.25) is 0 Å². The number of nitrogens with zero attached hydrogens (tertiary/aromatic N) is 2. The van der Waals surface area contributed by atoms with Gasteiger partial charge in [0.25, 0.3) is 0 Å². The molecule has 4 aliphatic rings. The van der Waals surface area contributed by atoms with E-state index in [0.29, 0.717) is 11.6 Å². The molecule has 3 heterocycles. The lowest BCUT2D eigenvalue weighted by Crippen LogP contribution is -2.38. The van der Waals surface area contributed by atoms with Gasteiger partial charge < -0.3 is 0 Å². The van der Waals surface area contributed by atoms with E-state index in [-0.39, 0.29) is 0 Å². The van der Waals surface area contributed by atoms with Crippen molar-refractivity contribution in [1.29, 1.82) is 0 Å². The number of likely N-dealkylation sites (N-methyl/N-ethyl adjacent to an activating group) is 1. The maximum Gasteiger partial charge on any atom is 0.0958 e. The molecular weight excluding hydrogens is 176 g/mol. The van der Waals surface area contributed by atoms with Gasteiger partial charge >= 0.3 is 0 Å². The van der Waals surface area contributed by atoms with E-state index < -0.39 is 0 Å². The number of hydrogen-bond acceptors (Lipinski definition) is 3. The van der Waals surface area contributed by atoms with E-state index in [1.165, 1.54) is 38.8 Å². The van der Waals surface area contributed by atoms with Gasteiger partial charge in [0.15, 0.2) is 0 Å². The van der Waals surface area contributed by atoms with E-state index in [1.54, 1.807) is 0 Å². The second kappa shape index (κ2) is 2.34. The Balaban J connectivity index is 1.70. The summed E-state index contributed by atoms with van der Waals surface area (Å²) in [7, 11) is 2.15. The third-order valence-corrected chi connectivity index (χ3v) is 4.82. The van der Waals surface area contributed by atoms with Crippen LogP contribution in [0.25, 0.3) is 0 Å². The molecule has 14 heavy (non-hydrogen) atoms. The average Bonchev–Trinajstić information content (AvgIpc) is 2.56. The van der Waals surface area contributed by atoms with Crippen LogP contribution in [0.15, 0.2) is 0 Å². The van der Waals surface area contributed by atoms with Crippen LogP contribution < -0.4 is 0 Å². The standard InChI is InChI=1S/C11H18N2O/c1-12-10-8(11(14-12)4-5-11)7-13-6-2-3-9(10)13/h8-10H,2-7H2,1H3/t8-,9-,10-/m0/s1. The SMILES string of the molecule is CN1OC2(CC2)[C@H]2CN3CCC[C@H]3[C@H]21. The zero-order valence-corrected chi connectivity index (χ0v) is 8.78. The first-order valence-electron chi connectivity index (χ1n) is 5.96. The Bertz CT molecular complexity index is 276. The molecule has 1 saturated carbocycles. The Hall–Kier alpha value is -0.120. The minimum atomic E-state index is 0.295. The van der Waals surface area contributed by atoms with Crippen molar-refractivity contribution in [3.05, 3.63) is 0 Å². The van der Waals surface area contributed by atoms with Gasteiger partial charge in [0.1, 0.15) is 0 Å². The third kappa shape index (κ3) is 0.802. The predicted octanol–water partition coefficient (Wildman–Crippen LogP) is 0.859. The van der Waals surface area contributed by atoms with E-state index in [9.17, 15) is 0 Å². The second-order valence-electron chi connectivity index (χ2n) is 5.50. The molecule has 0 aromatic rings. The first-order chi connectivity index (χ1) is 6.80. The highest BCUT2D eigenvalue weighted by Crippen LogP contribution is 2.57. The third-order valence-electron chi connectivity index (χ3n) is 4.82. The Morgan fingerprint density at radius 3 is 3.00 bits per heavy atom. The summed E-state index contributed by atoms with van der Waals surface area (Å²) in [6, 6.07) is 1.52. The molecule has 0 radical (unpaired) electrons. The van der Waals surface area contributed by atoms with Crippen molar-refractivity contribution in [2.75, 3.05) is 20.1 Å². The molecule has 3 atom stereocenters. The molecule has 3 saturated heterocycles. The molecule has 3 nitrogen and oxygen atoms in total. The second-order valence-corrected chi connectivity index (χ2v) is 5.50. The fraction of sp³-hybridized carbons (Fsp3) is 1.00. The van der Waals surface area contributed by atoms with Crippen molar-refractivity contribution in [3.63, 3.8) is 0 Å². The number of hydrogen-bond donors (Lipinski definition) is 0. The topological polar surface area (TPSA) is 15.7 Å². The highest BCUT2D eigenvalue weighted by molar-refractivity contribution is 5.16. The molecule has 3 heteroatoms. The van der Waals surface area contributed by atoms with Crippen molar-refractivity contribution in [1.82, 2.24) is 9.96 Å². The van der Waals surface area contributed by atoms with Gasteiger partial charge in [-0.3, -0.25) is 9.74 Å². The Kier molecular flexibility index (Phi) is 1.35. The van der Waals surface area contributed by atoms with Gasteiger partial charge in [-0.05, 0) is 32.2 Å². The van der Waals surface area contributed by atoms with Gasteiger partial charge in [0.05, 0.1) is 11.6 Å². The Morgan fingerprint density at radius 1 is 1.36 bits per heavy atom. The minimum Gasteiger partial charge on any atom is -0.298 e. The first-order valence-corrected chi connectivity index (χ1v) is 5.96. The van der Waals surface area contributed by atoms with Crippen LogP contribution in [-0.4, -0.2) is 47.8 Å². The van der Waals surface area contributed by atoms with E-state index in [4.69, 9.17) is 4.84 Å². The van der Waals surface area contributed by atoms with Crippen molar-refractivity contribution < 1.29 is 4.84 Å². The maximum absolute atomic E-state index is 6.04. The summed E-state index contributed by atoms with van der Waals surface area (Å²) < 4.78 is 0. The fourth-order valence-corrected chi connectivity index (χ4v) is 4.07. The molecule has 4 rings (SSSR count). The smallest absolute Gasteiger partial charge is 0.0958 e. The molecule has 78 valence electrons. The summed E-state index contributed by atoms with van der Waals surface area (Å²) in [5.74, 6) is 0.817. The van der Waals surface area contributed by atoms with E-state index in [1.807, 2.05) is 0 Å². The summed E-state index contributed by atoms with van der Waals surface area (Å²) in [4.78, 5) is 8.74. The van der Waals surface area contributed by atoms with Crippen LogP contribution in [0.3, 0.4) is 0 Å². The van der Waals surface area contributed by atoms with Crippen LogP contribution in [0, 0.1) is 5.92 Å². The van der Waals surface area contributed by atoms with Crippen molar-refractivity contribution in [2.45, 2.75) is 43.4 Å². The molecule has 1 spiro atoms. The summed E-state index contributed by atoms with van der Waals surface area (Å²) in [5.41, 5.74) is 0.295. The normalized spacial score (nSPS) is 49.9. The molecule has 4 fully saturated rings. The monoisotopic (exact) mass is 194 g/mol. The van der Waals surface area contributed by atoms with Gasteiger partial charge in [0, 0.05) is 25.6 Å². The fourth-order valence-electron chi connectivity index (χ4n) is 4.07. The lowest BCUT2D eigenvalue weighted by molar-refractivity contribution is -0.164. The molecule has 0 aromatic carbocycles. The molecule has 0 bridgehead atoms. The van der Waals surface area contributed by atoms with Crippen molar-refractivity contribution in [2.24, 2.45) is 5.92 Å². The molecule has 3 aliphatic heterocycles. The van der Waals surface area contributed by atoms with Crippen LogP contribution in [0.4, 0.5) is 0 Å².